The molecule has 0 bridgehead atoms. The number of aryl methyl sites for hydroxylation is 2. The summed E-state index contributed by atoms with van der Waals surface area (Å²) in [5.74, 6) is 0.655. The number of pyridine rings is 1. The maximum absolute atomic E-state index is 12.7. The minimum absolute atomic E-state index is 0.00674. The van der Waals surface area contributed by atoms with E-state index in [-0.39, 0.29) is 17.9 Å². The molecule has 4 rings (SSSR count). The van der Waals surface area contributed by atoms with Crippen LogP contribution < -0.4 is 11.1 Å². The van der Waals surface area contributed by atoms with E-state index in [0.717, 1.165) is 49.8 Å². The van der Waals surface area contributed by atoms with E-state index in [0.29, 0.717) is 5.82 Å². The van der Waals surface area contributed by atoms with Crippen molar-refractivity contribution in [3.63, 3.8) is 0 Å². The van der Waals surface area contributed by atoms with Gasteiger partial charge in [0.2, 0.25) is 5.91 Å². The van der Waals surface area contributed by atoms with Gasteiger partial charge >= 0.3 is 0 Å². The zero-order chi connectivity index (χ0) is 18.8. The first kappa shape index (κ1) is 18.2. The molecule has 1 aliphatic heterocycles. The van der Waals surface area contributed by atoms with Crippen molar-refractivity contribution in [3.8, 4) is 11.1 Å². The van der Waals surface area contributed by atoms with Crippen LogP contribution in [0.1, 0.15) is 56.2 Å². The predicted octanol–water partition coefficient (Wildman–Crippen LogP) is 3.44. The fourth-order valence-electron chi connectivity index (χ4n) is 4.40. The van der Waals surface area contributed by atoms with Crippen LogP contribution in [0.4, 0.5) is 5.82 Å². The van der Waals surface area contributed by atoms with Gasteiger partial charge in [-0.25, -0.2) is 4.98 Å². The first-order valence-electron chi connectivity index (χ1n) is 10.2. The molecule has 2 aromatic rings. The lowest BCUT2D eigenvalue weighted by molar-refractivity contribution is -0.120. The van der Waals surface area contributed by atoms with Gasteiger partial charge in [-0.05, 0) is 62.6 Å². The number of rotatable bonds is 3. The van der Waals surface area contributed by atoms with Crippen molar-refractivity contribution in [1.29, 1.82) is 0 Å². The Morgan fingerprint density at radius 3 is 2.93 bits per heavy atom. The number of carbonyl (C=O) groups excluding carboxylic acids is 1. The van der Waals surface area contributed by atoms with E-state index in [1.807, 2.05) is 18.5 Å². The summed E-state index contributed by atoms with van der Waals surface area (Å²) in [4.78, 5) is 17.1. The molecule has 0 spiro atoms. The maximum Gasteiger partial charge on any atom is 0.228 e. The molecule has 0 radical (unpaired) electrons. The molecule has 6 heteroatoms. The van der Waals surface area contributed by atoms with Gasteiger partial charge in [0.15, 0.2) is 0 Å². The molecular weight excluding hydrogens is 338 g/mol. The summed E-state index contributed by atoms with van der Waals surface area (Å²) in [6.45, 7) is 3.06. The topological polar surface area (TPSA) is 85.8 Å². The molecule has 1 amide bonds. The number of nitrogens with zero attached hydrogens (tertiary/aromatic N) is 3. The van der Waals surface area contributed by atoms with E-state index >= 15 is 0 Å². The Bertz CT molecular complexity index is 828. The van der Waals surface area contributed by atoms with E-state index in [9.17, 15) is 4.79 Å². The molecule has 3 heterocycles. The predicted molar refractivity (Wildman–Crippen MR) is 106 cm³/mol. The van der Waals surface area contributed by atoms with Crippen LogP contribution in [-0.4, -0.2) is 26.7 Å². The molecule has 0 aromatic carbocycles. The largest absolute Gasteiger partial charge is 0.328 e. The minimum Gasteiger partial charge on any atom is -0.328 e. The number of fused-ring (bicyclic) bond motifs is 1. The quantitative estimate of drug-likeness (QED) is 0.870. The fraction of sp³-hybridized carbons (Fsp3) is 0.571. The third kappa shape index (κ3) is 3.90. The monoisotopic (exact) mass is 367 g/mol. The van der Waals surface area contributed by atoms with Crippen LogP contribution >= 0.6 is 0 Å². The van der Waals surface area contributed by atoms with E-state index in [2.05, 4.69) is 27.0 Å². The summed E-state index contributed by atoms with van der Waals surface area (Å²) in [5, 5.41) is 7.62. The standard InChI is InChI=1S/C21H29N5O/c1-14-12-23-20(25-21(27)15-6-5-7-16(22)10-15)11-17(14)18-13-24-26-9-4-2-3-8-19(18)26/h11-13,15-16H,2-10,22H2,1H3,(H,23,25,27)/t15-,16+/m0/s1. The SMILES string of the molecule is Cc1cnc(NC(=O)[C@H]2CCC[C@@H](N)C2)cc1-c1cnn2c1CCCCC2. The molecule has 1 fully saturated rings. The Balaban J connectivity index is 1.57. The molecule has 1 aliphatic carbocycles. The van der Waals surface area contributed by atoms with Gasteiger partial charge in [-0.2, -0.15) is 5.10 Å². The lowest BCUT2D eigenvalue weighted by atomic mass is 9.85. The van der Waals surface area contributed by atoms with Crippen molar-refractivity contribution in [1.82, 2.24) is 14.8 Å². The van der Waals surface area contributed by atoms with E-state index in [4.69, 9.17) is 5.73 Å². The number of carbonyl (C=O) groups is 1. The maximum atomic E-state index is 12.7. The van der Waals surface area contributed by atoms with Crippen LogP contribution in [0.2, 0.25) is 0 Å². The highest BCUT2D eigenvalue weighted by Gasteiger charge is 2.26. The highest BCUT2D eigenvalue weighted by molar-refractivity contribution is 5.92. The molecule has 144 valence electrons. The van der Waals surface area contributed by atoms with Gasteiger partial charge in [0.05, 0.1) is 6.20 Å². The van der Waals surface area contributed by atoms with Crippen LogP contribution in [0.3, 0.4) is 0 Å². The molecule has 2 atom stereocenters. The Morgan fingerprint density at radius 2 is 2.07 bits per heavy atom. The normalized spacial score (nSPS) is 22.7. The van der Waals surface area contributed by atoms with E-state index in [1.54, 1.807) is 0 Å². The Hall–Kier alpha value is -2.21. The first-order valence-corrected chi connectivity index (χ1v) is 10.2. The van der Waals surface area contributed by atoms with Crippen LogP contribution in [0.25, 0.3) is 11.1 Å². The summed E-state index contributed by atoms with van der Waals surface area (Å²) in [5.41, 5.74) is 10.7. The number of anilines is 1. The second kappa shape index (κ2) is 7.80. The number of hydrogen-bond acceptors (Lipinski definition) is 4. The van der Waals surface area contributed by atoms with Crippen LogP contribution in [0, 0.1) is 12.8 Å². The van der Waals surface area contributed by atoms with Gasteiger partial charge in [0.25, 0.3) is 0 Å². The second-order valence-corrected chi connectivity index (χ2v) is 8.04. The molecule has 27 heavy (non-hydrogen) atoms. The van der Waals surface area contributed by atoms with Gasteiger partial charge in [-0.15, -0.1) is 0 Å². The lowest BCUT2D eigenvalue weighted by Gasteiger charge is -2.25. The van der Waals surface area contributed by atoms with Crippen molar-refractivity contribution in [2.45, 2.75) is 70.9 Å². The van der Waals surface area contributed by atoms with E-state index < -0.39 is 0 Å². The Labute approximate surface area is 160 Å². The molecule has 3 N–H and O–H groups in total. The zero-order valence-electron chi connectivity index (χ0n) is 16.1. The molecule has 6 nitrogen and oxygen atoms in total. The van der Waals surface area contributed by atoms with Gasteiger partial charge in [-0.1, -0.05) is 12.8 Å². The van der Waals surface area contributed by atoms with Crippen molar-refractivity contribution >= 4 is 11.7 Å². The third-order valence-electron chi connectivity index (χ3n) is 5.96. The van der Waals surface area contributed by atoms with Crippen molar-refractivity contribution in [2.24, 2.45) is 11.7 Å². The molecule has 1 saturated carbocycles. The minimum atomic E-state index is -0.00674. The number of hydrogen-bond donors (Lipinski definition) is 2. The van der Waals surface area contributed by atoms with Gasteiger partial charge in [-0.3, -0.25) is 9.48 Å². The lowest BCUT2D eigenvalue weighted by Crippen LogP contribution is -2.34. The van der Waals surface area contributed by atoms with Crippen LogP contribution in [-0.2, 0) is 17.8 Å². The molecule has 2 aromatic heterocycles. The summed E-state index contributed by atoms with van der Waals surface area (Å²) < 4.78 is 2.14. The summed E-state index contributed by atoms with van der Waals surface area (Å²) in [7, 11) is 0. The fourth-order valence-corrected chi connectivity index (χ4v) is 4.40. The first-order chi connectivity index (χ1) is 13.1. The van der Waals surface area contributed by atoms with Crippen molar-refractivity contribution in [3.05, 3.63) is 29.7 Å². The average Bonchev–Trinajstić information content (AvgIpc) is 2.91. The highest BCUT2D eigenvalue weighted by Crippen LogP contribution is 2.31. The second-order valence-electron chi connectivity index (χ2n) is 8.04. The Morgan fingerprint density at radius 1 is 1.19 bits per heavy atom. The summed E-state index contributed by atoms with van der Waals surface area (Å²) in [6.07, 6.45) is 12.2. The Kier molecular flexibility index (Phi) is 5.25. The van der Waals surface area contributed by atoms with Crippen molar-refractivity contribution < 1.29 is 4.79 Å². The number of nitrogens with two attached hydrogens (primary N) is 1. The summed E-state index contributed by atoms with van der Waals surface area (Å²) >= 11 is 0. The molecular formula is C21H29N5O. The molecule has 0 unspecified atom stereocenters. The average molecular weight is 367 g/mol. The smallest absolute Gasteiger partial charge is 0.228 e. The van der Waals surface area contributed by atoms with Gasteiger partial charge in [0.1, 0.15) is 5.82 Å². The number of nitrogens with one attached hydrogen (secondary N) is 1. The van der Waals surface area contributed by atoms with Crippen LogP contribution in [0.5, 0.6) is 0 Å². The van der Waals surface area contributed by atoms with E-state index in [1.165, 1.54) is 30.5 Å². The molecule has 2 aliphatic rings. The zero-order valence-corrected chi connectivity index (χ0v) is 16.1. The third-order valence-corrected chi connectivity index (χ3v) is 5.96. The van der Waals surface area contributed by atoms with Gasteiger partial charge < -0.3 is 11.1 Å². The molecule has 0 saturated heterocycles. The summed E-state index contributed by atoms with van der Waals surface area (Å²) in [6, 6.07) is 2.14. The highest BCUT2D eigenvalue weighted by atomic mass is 16.1. The number of aromatic nitrogens is 3. The van der Waals surface area contributed by atoms with Crippen LogP contribution in [0.15, 0.2) is 18.5 Å². The van der Waals surface area contributed by atoms with Crippen molar-refractivity contribution in [2.75, 3.05) is 5.32 Å². The number of amides is 1. The van der Waals surface area contributed by atoms with Gasteiger partial charge in [0, 0.05) is 36.0 Å².